The molecule has 0 saturated carbocycles. The van der Waals surface area contributed by atoms with Crippen molar-refractivity contribution in [3.63, 3.8) is 0 Å². The van der Waals surface area contributed by atoms with Crippen molar-refractivity contribution < 1.29 is 36.3 Å². The first-order valence-electron chi connectivity index (χ1n) is 8.50. The van der Waals surface area contributed by atoms with Crippen LogP contribution in [0.1, 0.15) is 45.3 Å². The number of hydrogen-bond donors (Lipinski definition) is 0. The van der Waals surface area contributed by atoms with E-state index in [-0.39, 0.29) is 29.7 Å². The van der Waals surface area contributed by atoms with Crippen LogP contribution in [0.15, 0.2) is 35.4 Å². The monoisotopic (exact) mass is 411 g/mol. The highest BCUT2D eigenvalue weighted by Gasteiger charge is 2.37. The van der Waals surface area contributed by atoms with Gasteiger partial charge in [-0.15, -0.1) is 0 Å². The second kappa shape index (κ2) is 7.38. The van der Waals surface area contributed by atoms with Gasteiger partial charge < -0.3 is 4.74 Å². The lowest BCUT2D eigenvalue weighted by atomic mass is 9.80. The molecule has 9 heteroatoms. The number of ether oxygens (including phenoxy) is 1. The molecule has 0 bridgehead atoms. The summed E-state index contributed by atoms with van der Waals surface area (Å²) in [6.45, 7) is 1.56. The Labute approximate surface area is 162 Å². The molecule has 0 aliphatic heterocycles. The van der Waals surface area contributed by atoms with E-state index in [0.29, 0.717) is 0 Å². The largest absolute Gasteiger partial charge is 0.481 e. The van der Waals surface area contributed by atoms with E-state index in [1.807, 2.05) is 0 Å². The van der Waals surface area contributed by atoms with E-state index in [2.05, 4.69) is 9.72 Å². The first kappa shape index (κ1) is 20.6. The maximum absolute atomic E-state index is 14.2. The molecular weight excluding hydrogens is 397 g/mol. The quantitative estimate of drug-likeness (QED) is 0.684. The average Bonchev–Trinajstić information content (AvgIpc) is 2.66. The number of rotatable bonds is 4. The van der Waals surface area contributed by atoms with E-state index in [1.54, 1.807) is 6.92 Å². The molecule has 0 spiro atoms. The fourth-order valence-corrected chi connectivity index (χ4v) is 3.26. The molecular formula is C20H14F5NO3. The van der Waals surface area contributed by atoms with E-state index in [0.717, 1.165) is 31.4 Å². The zero-order chi connectivity index (χ0) is 21.5. The summed E-state index contributed by atoms with van der Waals surface area (Å²) in [5, 5.41) is 0. The molecule has 0 radical (unpaired) electrons. The Morgan fingerprint density at radius 3 is 1.97 bits per heavy atom. The molecule has 0 N–H and O–H groups in total. The molecule has 1 aliphatic carbocycles. The fourth-order valence-electron chi connectivity index (χ4n) is 3.26. The van der Waals surface area contributed by atoms with Crippen LogP contribution < -0.4 is 4.74 Å². The second-order valence-corrected chi connectivity index (χ2v) is 6.28. The lowest BCUT2D eigenvalue weighted by Gasteiger charge is -2.21. The van der Waals surface area contributed by atoms with Gasteiger partial charge in [0.1, 0.15) is 17.2 Å². The third kappa shape index (κ3) is 3.52. The summed E-state index contributed by atoms with van der Waals surface area (Å²) in [5.74, 6) is -4.48. The van der Waals surface area contributed by atoms with E-state index in [1.165, 1.54) is 0 Å². The third-order valence-corrected chi connectivity index (χ3v) is 4.60. The van der Waals surface area contributed by atoms with Crippen LogP contribution in [0.2, 0.25) is 0 Å². The number of alkyl halides is 3. The number of hydrogen-bond acceptors (Lipinski definition) is 4. The molecule has 152 valence electrons. The molecule has 0 atom stereocenters. The summed E-state index contributed by atoms with van der Waals surface area (Å²) in [6, 6.07) is 3.30. The number of methoxy groups -OCH3 is 1. The number of pyridine rings is 1. The molecule has 29 heavy (non-hydrogen) atoms. The predicted octanol–water partition coefficient (Wildman–Crippen LogP) is 4.72. The summed E-state index contributed by atoms with van der Waals surface area (Å²) in [5.41, 5.74) is -2.57. The van der Waals surface area contributed by atoms with Gasteiger partial charge in [-0.05, 0) is 30.7 Å². The van der Waals surface area contributed by atoms with Gasteiger partial charge in [-0.3, -0.25) is 9.59 Å². The first-order valence-corrected chi connectivity index (χ1v) is 8.50. The van der Waals surface area contributed by atoms with Crippen LogP contribution in [0.4, 0.5) is 22.0 Å². The third-order valence-electron chi connectivity index (χ3n) is 4.60. The Morgan fingerprint density at radius 1 is 0.931 bits per heavy atom. The Hall–Kier alpha value is -3.10. The molecule has 1 aliphatic rings. The van der Waals surface area contributed by atoms with Gasteiger partial charge in [-0.25, -0.2) is 13.8 Å². The second-order valence-electron chi connectivity index (χ2n) is 6.28. The summed E-state index contributed by atoms with van der Waals surface area (Å²) in [7, 11) is 1.02. The molecule has 3 rings (SSSR count). The standard InChI is InChI=1S/C20H14F5NO3/c1-3-10-11(8-9-4-5-12(20(23,24)25)19(26-9)29-2)18(28)16-14(22)7-6-13(21)15(16)17(10)27/h4-7H,3,8H2,1-2H3. The van der Waals surface area contributed by atoms with Crippen LogP contribution >= 0.6 is 0 Å². The lowest BCUT2D eigenvalue weighted by Crippen LogP contribution is -2.26. The van der Waals surface area contributed by atoms with Gasteiger partial charge in [0, 0.05) is 23.3 Å². The maximum Gasteiger partial charge on any atom is 0.421 e. The number of carbonyl (C=O) groups is 2. The van der Waals surface area contributed by atoms with Crippen LogP contribution in [-0.2, 0) is 12.6 Å². The summed E-state index contributed by atoms with van der Waals surface area (Å²) in [6.07, 6.45) is -4.98. The maximum atomic E-state index is 14.2. The van der Waals surface area contributed by atoms with Crippen molar-refractivity contribution in [2.24, 2.45) is 0 Å². The average molecular weight is 411 g/mol. The first-order chi connectivity index (χ1) is 13.6. The fraction of sp³-hybridized carbons (Fsp3) is 0.250. The minimum Gasteiger partial charge on any atom is -0.481 e. The van der Waals surface area contributed by atoms with Gasteiger partial charge in [-0.1, -0.05) is 6.92 Å². The van der Waals surface area contributed by atoms with Crippen LogP contribution in [0.25, 0.3) is 0 Å². The highest BCUT2D eigenvalue weighted by molar-refractivity contribution is 6.27. The number of nitrogens with zero attached hydrogens (tertiary/aromatic N) is 1. The minimum absolute atomic E-state index is 0.0113. The molecule has 1 heterocycles. The molecule has 0 fully saturated rings. The van der Waals surface area contributed by atoms with Crippen LogP contribution in [0.3, 0.4) is 0 Å². The Balaban J connectivity index is 2.10. The molecule has 0 saturated heterocycles. The van der Waals surface area contributed by atoms with Gasteiger partial charge in [0.2, 0.25) is 5.88 Å². The van der Waals surface area contributed by atoms with Crippen LogP contribution in [0, 0.1) is 11.6 Å². The SMILES string of the molecule is CCC1=C(Cc2ccc(C(F)(F)F)c(OC)n2)C(=O)c2c(F)ccc(F)c2C1=O. The van der Waals surface area contributed by atoms with Gasteiger partial charge in [-0.2, -0.15) is 13.2 Å². The topological polar surface area (TPSA) is 56.3 Å². The van der Waals surface area contributed by atoms with Crippen molar-refractivity contribution in [2.45, 2.75) is 25.9 Å². The summed E-state index contributed by atoms with van der Waals surface area (Å²) in [4.78, 5) is 29.3. The number of allylic oxidation sites excluding steroid dienone is 2. The zero-order valence-corrected chi connectivity index (χ0v) is 15.3. The highest BCUT2D eigenvalue weighted by Crippen LogP contribution is 2.36. The van der Waals surface area contributed by atoms with E-state index < -0.39 is 51.9 Å². The van der Waals surface area contributed by atoms with Gasteiger partial charge in [0.15, 0.2) is 11.6 Å². The van der Waals surface area contributed by atoms with Gasteiger partial charge in [0.05, 0.1) is 18.2 Å². The van der Waals surface area contributed by atoms with Crippen LogP contribution in [-0.4, -0.2) is 23.7 Å². The number of fused-ring (bicyclic) bond motifs is 1. The number of carbonyl (C=O) groups excluding carboxylic acids is 2. The Morgan fingerprint density at radius 2 is 1.48 bits per heavy atom. The predicted molar refractivity (Wildman–Crippen MR) is 91.8 cm³/mol. The number of ketones is 2. The zero-order valence-electron chi connectivity index (χ0n) is 15.3. The number of aromatic nitrogens is 1. The van der Waals surface area contributed by atoms with E-state index in [9.17, 15) is 31.5 Å². The van der Waals surface area contributed by atoms with Crippen molar-refractivity contribution in [3.8, 4) is 5.88 Å². The molecule has 4 nitrogen and oxygen atoms in total. The number of halogens is 5. The highest BCUT2D eigenvalue weighted by atomic mass is 19.4. The number of Topliss-reactive ketones (excluding diaryl/α,β-unsaturated/α-hetero) is 2. The van der Waals surface area contributed by atoms with Gasteiger partial charge in [0.25, 0.3) is 0 Å². The Kier molecular flexibility index (Phi) is 5.25. The molecule has 0 unspecified atom stereocenters. The molecule has 1 aromatic carbocycles. The summed E-state index contributed by atoms with van der Waals surface area (Å²) < 4.78 is 72.0. The smallest absolute Gasteiger partial charge is 0.421 e. The van der Waals surface area contributed by atoms with Crippen molar-refractivity contribution >= 4 is 11.6 Å². The Bertz CT molecular complexity index is 1060. The van der Waals surface area contributed by atoms with E-state index >= 15 is 0 Å². The lowest BCUT2D eigenvalue weighted by molar-refractivity contribution is -0.139. The van der Waals surface area contributed by atoms with E-state index in [4.69, 9.17) is 0 Å². The van der Waals surface area contributed by atoms with Crippen molar-refractivity contribution in [2.75, 3.05) is 7.11 Å². The molecule has 2 aromatic rings. The molecule has 1 aromatic heterocycles. The normalized spacial score (nSPS) is 14.3. The number of benzene rings is 1. The molecule has 0 amide bonds. The van der Waals surface area contributed by atoms with Crippen molar-refractivity contribution in [3.05, 3.63) is 69.4 Å². The van der Waals surface area contributed by atoms with Gasteiger partial charge >= 0.3 is 6.18 Å². The van der Waals surface area contributed by atoms with Crippen LogP contribution in [0.5, 0.6) is 5.88 Å². The van der Waals surface area contributed by atoms with Crippen molar-refractivity contribution in [1.29, 1.82) is 0 Å². The summed E-state index contributed by atoms with van der Waals surface area (Å²) >= 11 is 0. The minimum atomic E-state index is -4.69. The van der Waals surface area contributed by atoms with Crippen molar-refractivity contribution in [1.82, 2.24) is 4.98 Å².